The van der Waals surface area contributed by atoms with Gasteiger partial charge in [0.25, 0.3) is 0 Å². The van der Waals surface area contributed by atoms with E-state index in [2.05, 4.69) is 26.2 Å². The van der Waals surface area contributed by atoms with Gasteiger partial charge in [0.05, 0.1) is 6.54 Å². The Morgan fingerprint density at radius 1 is 1.42 bits per heavy atom. The van der Waals surface area contributed by atoms with Crippen molar-refractivity contribution in [2.75, 3.05) is 6.54 Å². The molecule has 100 valence electrons. The Hall–Kier alpha value is -1.69. The van der Waals surface area contributed by atoms with Crippen molar-refractivity contribution in [1.82, 2.24) is 19.7 Å². The lowest BCUT2D eigenvalue weighted by atomic mass is 10.1. The monoisotopic (exact) mass is 276 g/mol. The number of amides is 1. The van der Waals surface area contributed by atoms with Crippen molar-refractivity contribution in [3.05, 3.63) is 34.0 Å². The summed E-state index contributed by atoms with van der Waals surface area (Å²) in [6, 6.07) is 2.08. The number of carbonyl (C=O) groups is 1. The topological polar surface area (TPSA) is 51.0 Å². The van der Waals surface area contributed by atoms with Gasteiger partial charge in [-0.15, -0.1) is 10.2 Å². The maximum Gasteiger partial charge on any atom is 0.223 e. The fourth-order valence-electron chi connectivity index (χ4n) is 2.36. The fourth-order valence-corrected chi connectivity index (χ4v) is 3.06. The second kappa shape index (κ2) is 5.13. The molecule has 2 aromatic heterocycles. The summed E-state index contributed by atoms with van der Waals surface area (Å²) in [6.45, 7) is 4.10. The molecular weight excluding hydrogens is 260 g/mol. The quantitative estimate of drug-likeness (QED) is 0.856. The summed E-state index contributed by atoms with van der Waals surface area (Å²) in [5, 5.41) is 12.3. The van der Waals surface area contributed by atoms with E-state index in [1.807, 2.05) is 17.2 Å². The van der Waals surface area contributed by atoms with Gasteiger partial charge in [-0.2, -0.15) is 11.3 Å². The fraction of sp³-hybridized carbons (Fsp3) is 0.462. The molecule has 0 saturated heterocycles. The number of hydrogen-bond donors (Lipinski definition) is 0. The van der Waals surface area contributed by atoms with Crippen molar-refractivity contribution in [1.29, 1.82) is 0 Å². The third kappa shape index (κ3) is 2.53. The summed E-state index contributed by atoms with van der Waals surface area (Å²) in [5.74, 6) is 2.03. The predicted octanol–water partition coefficient (Wildman–Crippen LogP) is 1.62. The lowest BCUT2D eigenvalue weighted by Crippen LogP contribution is -2.38. The van der Waals surface area contributed by atoms with Crippen LogP contribution in [-0.2, 0) is 24.3 Å². The maximum atomic E-state index is 12.2. The van der Waals surface area contributed by atoms with Gasteiger partial charge in [0.2, 0.25) is 5.91 Å². The molecule has 0 spiro atoms. The SMILES string of the molecule is Cc1nnc2n1CCN(C(=O)CCc1ccsc1)C2. The van der Waals surface area contributed by atoms with Crippen LogP contribution in [0.4, 0.5) is 0 Å². The molecule has 1 aliphatic rings. The number of aryl methyl sites for hydroxylation is 2. The summed E-state index contributed by atoms with van der Waals surface area (Å²) in [7, 11) is 0. The number of nitrogens with zero attached hydrogens (tertiary/aromatic N) is 4. The maximum absolute atomic E-state index is 12.2. The van der Waals surface area contributed by atoms with Gasteiger partial charge >= 0.3 is 0 Å². The van der Waals surface area contributed by atoms with Crippen LogP contribution < -0.4 is 0 Å². The molecule has 0 bridgehead atoms. The molecule has 1 aliphatic heterocycles. The van der Waals surface area contributed by atoms with Crippen LogP contribution in [0.5, 0.6) is 0 Å². The van der Waals surface area contributed by atoms with Crippen molar-refractivity contribution in [2.24, 2.45) is 0 Å². The van der Waals surface area contributed by atoms with Crippen molar-refractivity contribution in [3.8, 4) is 0 Å². The van der Waals surface area contributed by atoms with E-state index in [0.717, 1.165) is 31.2 Å². The van der Waals surface area contributed by atoms with E-state index in [1.54, 1.807) is 11.3 Å². The predicted molar refractivity (Wildman–Crippen MR) is 72.8 cm³/mol. The normalized spacial score (nSPS) is 14.5. The molecular formula is C13H16N4OS. The van der Waals surface area contributed by atoms with Crippen LogP contribution >= 0.6 is 11.3 Å². The van der Waals surface area contributed by atoms with E-state index >= 15 is 0 Å². The highest BCUT2D eigenvalue weighted by Crippen LogP contribution is 2.14. The Bertz CT molecular complexity index is 575. The average Bonchev–Trinajstić information content (AvgIpc) is 3.06. The third-order valence-electron chi connectivity index (χ3n) is 3.50. The zero-order valence-electron chi connectivity index (χ0n) is 10.9. The average molecular weight is 276 g/mol. The first-order chi connectivity index (χ1) is 9.24. The van der Waals surface area contributed by atoms with Crippen molar-refractivity contribution in [2.45, 2.75) is 32.9 Å². The van der Waals surface area contributed by atoms with E-state index in [-0.39, 0.29) is 5.91 Å². The zero-order chi connectivity index (χ0) is 13.2. The Morgan fingerprint density at radius 3 is 3.11 bits per heavy atom. The highest BCUT2D eigenvalue weighted by molar-refractivity contribution is 7.07. The second-order valence-electron chi connectivity index (χ2n) is 4.76. The van der Waals surface area contributed by atoms with Crippen LogP contribution in [0.15, 0.2) is 16.8 Å². The largest absolute Gasteiger partial charge is 0.333 e. The van der Waals surface area contributed by atoms with Crippen LogP contribution in [-0.4, -0.2) is 32.1 Å². The first-order valence-corrected chi connectivity index (χ1v) is 7.36. The minimum Gasteiger partial charge on any atom is -0.333 e. The molecule has 0 radical (unpaired) electrons. The molecule has 3 rings (SSSR count). The molecule has 0 aromatic carbocycles. The third-order valence-corrected chi connectivity index (χ3v) is 4.23. The van der Waals surface area contributed by atoms with Gasteiger partial charge in [0.15, 0.2) is 5.82 Å². The number of rotatable bonds is 3. The highest BCUT2D eigenvalue weighted by atomic mass is 32.1. The van der Waals surface area contributed by atoms with E-state index in [9.17, 15) is 4.79 Å². The number of thiophene rings is 1. The summed E-state index contributed by atoms with van der Waals surface area (Å²) in [6.07, 6.45) is 1.40. The van der Waals surface area contributed by atoms with Crippen LogP contribution in [0.1, 0.15) is 23.6 Å². The van der Waals surface area contributed by atoms with Crippen LogP contribution in [0.25, 0.3) is 0 Å². The Balaban J connectivity index is 1.60. The van der Waals surface area contributed by atoms with Crippen LogP contribution in [0.3, 0.4) is 0 Å². The van der Waals surface area contributed by atoms with Gasteiger partial charge in [-0.25, -0.2) is 0 Å². The van der Waals surface area contributed by atoms with Crippen LogP contribution in [0.2, 0.25) is 0 Å². The van der Waals surface area contributed by atoms with E-state index in [0.29, 0.717) is 13.0 Å². The molecule has 6 heteroatoms. The molecule has 19 heavy (non-hydrogen) atoms. The smallest absolute Gasteiger partial charge is 0.223 e. The van der Waals surface area contributed by atoms with Crippen molar-refractivity contribution < 1.29 is 4.79 Å². The minimum absolute atomic E-state index is 0.207. The first-order valence-electron chi connectivity index (χ1n) is 6.41. The van der Waals surface area contributed by atoms with Gasteiger partial charge < -0.3 is 9.47 Å². The van der Waals surface area contributed by atoms with Gasteiger partial charge in [-0.05, 0) is 35.7 Å². The van der Waals surface area contributed by atoms with Crippen molar-refractivity contribution in [3.63, 3.8) is 0 Å². The summed E-state index contributed by atoms with van der Waals surface area (Å²) >= 11 is 1.67. The van der Waals surface area contributed by atoms with Gasteiger partial charge in [0, 0.05) is 19.5 Å². The Kier molecular flexibility index (Phi) is 3.33. The van der Waals surface area contributed by atoms with E-state index in [4.69, 9.17) is 0 Å². The molecule has 0 fully saturated rings. The molecule has 0 atom stereocenters. The summed E-state index contributed by atoms with van der Waals surface area (Å²) in [5.41, 5.74) is 1.24. The Labute approximate surface area is 115 Å². The van der Waals surface area contributed by atoms with Crippen LogP contribution in [0, 0.1) is 6.92 Å². The number of fused-ring (bicyclic) bond motifs is 1. The molecule has 1 amide bonds. The molecule has 0 N–H and O–H groups in total. The Morgan fingerprint density at radius 2 is 2.32 bits per heavy atom. The minimum atomic E-state index is 0.207. The molecule has 0 unspecified atom stereocenters. The molecule has 5 nitrogen and oxygen atoms in total. The molecule has 0 aliphatic carbocycles. The second-order valence-corrected chi connectivity index (χ2v) is 5.54. The lowest BCUT2D eigenvalue weighted by molar-refractivity contribution is -0.132. The highest BCUT2D eigenvalue weighted by Gasteiger charge is 2.22. The standard InChI is InChI=1S/C13H16N4OS/c1-10-14-15-12-8-16(5-6-17(10)12)13(18)3-2-11-4-7-19-9-11/h4,7,9H,2-3,5-6,8H2,1H3. The number of carbonyl (C=O) groups excluding carboxylic acids is 1. The summed E-state index contributed by atoms with van der Waals surface area (Å²) in [4.78, 5) is 14.1. The summed E-state index contributed by atoms with van der Waals surface area (Å²) < 4.78 is 2.09. The van der Waals surface area contributed by atoms with Gasteiger partial charge in [-0.3, -0.25) is 4.79 Å². The number of aromatic nitrogens is 3. The lowest BCUT2D eigenvalue weighted by Gasteiger charge is -2.27. The molecule has 3 heterocycles. The first kappa shape index (κ1) is 12.3. The molecule has 0 saturated carbocycles. The molecule has 2 aromatic rings. The van der Waals surface area contributed by atoms with Crippen molar-refractivity contribution >= 4 is 17.2 Å². The number of hydrogen-bond acceptors (Lipinski definition) is 4. The van der Waals surface area contributed by atoms with Gasteiger partial charge in [0.1, 0.15) is 5.82 Å². The van der Waals surface area contributed by atoms with E-state index < -0.39 is 0 Å². The van der Waals surface area contributed by atoms with Gasteiger partial charge in [-0.1, -0.05) is 0 Å². The zero-order valence-corrected chi connectivity index (χ0v) is 11.7. The van der Waals surface area contributed by atoms with E-state index in [1.165, 1.54) is 5.56 Å².